The number of nitrogens with zero attached hydrogens (tertiary/aromatic N) is 2. The van der Waals surface area contributed by atoms with Gasteiger partial charge in [-0.05, 0) is 30.5 Å². The highest BCUT2D eigenvalue weighted by molar-refractivity contribution is 5.80. The lowest BCUT2D eigenvalue weighted by Crippen LogP contribution is -2.34. The molecule has 0 bridgehead atoms. The van der Waals surface area contributed by atoms with E-state index >= 15 is 0 Å². The van der Waals surface area contributed by atoms with Gasteiger partial charge in [0.1, 0.15) is 0 Å². The molecule has 0 saturated carbocycles. The van der Waals surface area contributed by atoms with E-state index in [4.69, 9.17) is 0 Å². The first kappa shape index (κ1) is 17.3. The molecule has 1 fully saturated rings. The lowest BCUT2D eigenvalue weighted by molar-refractivity contribution is -0.132. The van der Waals surface area contributed by atoms with Gasteiger partial charge in [-0.1, -0.05) is 42.5 Å². The van der Waals surface area contributed by atoms with Gasteiger partial charge < -0.3 is 4.90 Å². The Bertz CT molecular complexity index is 1090. The number of rotatable bonds is 4. The quantitative estimate of drug-likeness (QED) is 0.774. The Kier molecular flexibility index (Phi) is 4.62. The van der Waals surface area contributed by atoms with E-state index in [9.17, 15) is 14.4 Å². The van der Waals surface area contributed by atoms with Crippen molar-refractivity contribution in [3.63, 3.8) is 0 Å². The largest absolute Gasteiger partial charge is 0.336 e. The summed E-state index contributed by atoms with van der Waals surface area (Å²) >= 11 is 0. The molecule has 4 rings (SSSR count). The van der Waals surface area contributed by atoms with Crippen LogP contribution in [0.4, 0.5) is 0 Å². The van der Waals surface area contributed by atoms with Crippen LogP contribution >= 0.6 is 0 Å². The minimum Gasteiger partial charge on any atom is -0.336 e. The van der Waals surface area contributed by atoms with Crippen LogP contribution in [0, 0.1) is 0 Å². The van der Waals surface area contributed by atoms with Gasteiger partial charge in [-0.3, -0.25) is 19.5 Å². The first-order valence-corrected chi connectivity index (χ1v) is 9.21. The fourth-order valence-electron chi connectivity index (χ4n) is 3.84. The zero-order chi connectivity index (χ0) is 18.8. The van der Waals surface area contributed by atoms with Crippen LogP contribution in [0.15, 0.2) is 64.2 Å². The van der Waals surface area contributed by atoms with E-state index in [0.717, 1.165) is 24.9 Å². The van der Waals surface area contributed by atoms with Gasteiger partial charge in [-0.25, -0.2) is 4.68 Å². The van der Waals surface area contributed by atoms with E-state index in [-0.39, 0.29) is 36.0 Å². The molecule has 1 unspecified atom stereocenters. The number of fused-ring (bicyclic) bond motifs is 1. The van der Waals surface area contributed by atoms with Crippen LogP contribution < -0.4 is 11.1 Å². The Hall–Kier alpha value is -3.15. The number of nitrogens with one attached hydrogen (secondary N) is 1. The summed E-state index contributed by atoms with van der Waals surface area (Å²) in [6.45, 7) is 0.886. The fourth-order valence-corrected chi connectivity index (χ4v) is 3.84. The normalized spacial score (nSPS) is 16.7. The second kappa shape index (κ2) is 7.23. The number of aryl methyl sites for hydroxylation is 1. The lowest BCUT2D eigenvalue weighted by Gasteiger charge is -2.25. The smallest absolute Gasteiger partial charge is 0.273 e. The summed E-state index contributed by atoms with van der Waals surface area (Å²) in [6, 6.07) is 16.8. The predicted octanol–water partition coefficient (Wildman–Crippen LogP) is 2.44. The Labute approximate surface area is 156 Å². The number of carbonyl (C=O) groups excluding carboxylic acids is 1. The number of carbonyl (C=O) groups is 1. The standard InChI is InChI=1S/C21H21N3O3/c25-19(23-13-6-11-18(23)15-7-2-1-3-8-15)12-14-24-21(27)17-10-5-4-9-16(17)20(26)22-24/h1-5,7-10,18H,6,11-14H2,(H,22,26). The zero-order valence-corrected chi connectivity index (χ0v) is 14.9. The molecule has 1 N–H and O–H groups in total. The molecule has 1 aliphatic rings. The minimum atomic E-state index is -0.319. The van der Waals surface area contributed by atoms with Crippen molar-refractivity contribution in [2.24, 2.45) is 0 Å². The molecule has 1 amide bonds. The molecule has 2 aromatic carbocycles. The summed E-state index contributed by atoms with van der Waals surface area (Å²) in [4.78, 5) is 39.4. The Morgan fingerprint density at radius 3 is 2.48 bits per heavy atom. The number of H-pyrrole nitrogens is 1. The molecule has 6 heteroatoms. The van der Waals surface area contributed by atoms with Crippen molar-refractivity contribution in [1.82, 2.24) is 14.7 Å². The van der Waals surface area contributed by atoms with Crippen LogP contribution in [0.5, 0.6) is 0 Å². The molecule has 2 heterocycles. The van der Waals surface area contributed by atoms with Crippen molar-refractivity contribution in [3.05, 3.63) is 80.9 Å². The minimum absolute atomic E-state index is 0.00209. The van der Waals surface area contributed by atoms with Crippen molar-refractivity contribution in [1.29, 1.82) is 0 Å². The maximum absolute atomic E-state index is 12.8. The summed E-state index contributed by atoms with van der Waals surface area (Å²) < 4.78 is 1.25. The average Bonchev–Trinajstić information content (AvgIpc) is 3.20. The van der Waals surface area contributed by atoms with Crippen LogP contribution in [-0.2, 0) is 11.3 Å². The first-order chi connectivity index (χ1) is 13.1. The van der Waals surface area contributed by atoms with Crippen LogP contribution in [0.3, 0.4) is 0 Å². The molecule has 1 aliphatic heterocycles. The fraction of sp³-hybridized carbons (Fsp3) is 0.286. The van der Waals surface area contributed by atoms with Crippen molar-refractivity contribution >= 4 is 16.7 Å². The molecule has 0 radical (unpaired) electrons. The lowest BCUT2D eigenvalue weighted by atomic mass is 10.0. The van der Waals surface area contributed by atoms with Crippen LogP contribution in [-0.4, -0.2) is 27.1 Å². The second-order valence-corrected chi connectivity index (χ2v) is 6.85. The van der Waals surface area contributed by atoms with Crippen molar-refractivity contribution in [2.45, 2.75) is 31.8 Å². The predicted molar refractivity (Wildman–Crippen MR) is 104 cm³/mol. The highest BCUT2D eigenvalue weighted by Gasteiger charge is 2.29. The summed E-state index contributed by atoms with van der Waals surface area (Å²) in [7, 11) is 0. The van der Waals surface area contributed by atoms with Crippen LogP contribution in [0.2, 0.25) is 0 Å². The average molecular weight is 363 g/mol. The van der Waals surface area contributed by atoms with Crippen LogP contribution in [0.25, 0.3) is 10.8 Å². The Morgan fingerprint density at radius 1 is 1.00 bits per heavy atom. The number of hydrogen-bond acceptors (Lipinski definition) is 3. The van der Waals surface area contributed by atoms with Gasteiger partial charge in [-0.15, -0.1) is 0 Å². The molecule has 0 aliphatic carbocycles. The van der Waals surface area contributed by atoms with Gasteiger partial charge in [0, 0.05) is 13.0 Å². The summed E-state index contributed by atoms with van der Waals surface area (Å²) in [5.41, 5.74) is 0.541. The van der Waals surface area contributed by atoms with E-state index in [1.165, 1.54) is 4.68 Å². The number of aromatic amines is 1. The van der Waals surface area contributed by atoms with E-state index in [1.807, 2.05) is 35.2 Å². The van der Waals surface area contributed by atoms with Gasteiger partial charge in [0.15, 0.2) is 0 Å². The number of benzene rings is 2. The second-order valence-electron chi connectivity index (χ2n) is 6.85. The monoisotopic (exact) mass is 363 g/mol. The molecule has 138 valence electrons. The molecular weight excluding hydrogens is 342 g/mol. The zero-order valence-electron chi connectivity index (χ0n) is 14.9. The molecular formula is C21H21N3O3. The SMILES string of the molecule is O=C(CCn1[nH]c(=O)c2ccccc2c1=O)N1CCCC1c1ccccc1. The number of likely N-dealkylation sites (tertiary alicyclic amines) is 1. The molecule has 1 saturated heterocycles. The third kappa shape index (κ3) is 3.30. The van der Waals surface area contributed by atoms with Crippen molar-refractivity contribution in [3.8, 4) is 0 Å². The molecule has 1 atom stereocenters. The van der Waals surface area contributed by atoms with Gasteiger partial charge in [-0.2, -0.15) is 0 Å². The molecule has 6 nitrogen and oxygen atoms in total. The van der Waals surface area contributed by atoms with E-state index in [2.05, 4.69) is 5.10 Å². The summed E-state index contributed by atoms with van der Waals surface area (Å²) in [5, 5.41) is 3.33. The van der Waals surface area contributed by atoms with Gasteiger partial charge in [0.05, 0.1) is 23.4 Å². The first-order valence-electron chi connectivity index (χ1n) is 9.21. The molecule has 1 aromatic heterocycles. The third-order valence-electron chi connectivity index (χ3n) is 5.19. The maximum atomic E-state index is 12.8. The summed E-state index contributed by atoms with van der Waals surface area (Å²) in [5.74, 6) is 0.00209. The van der Waals surface area contributed by atoms with E-state index in [0.29, 0.717) is 10.8 Å². The van der Waals surface area contributed by atoms with E-state index in [1.54, 1.807) is 24.3 Å². The molecule has 0 spiro atoms. The highest BCUT2D eigenvalue weighted by Crippen LogP contribution is 2.32. The Morgan fingerprint density at radius 2 is 1.70 bits per heavy atom. The molecule has 27 heavy (non-hydrogen) atoms. The topological polar surface area (TPSA) is 75.2 Å². The van der Waals surface area contributed by atoms with Gasteiger partial charge >= 0.3 is 0 Å². The third-order valence-corrected chi connectivity index (χ3v) is 5.19. The van der Waals surface area contributed by atoms with Gasteiger partial charge in [0.25, 0.3) is 11.1 Å². The molecule has 3 aromatic rings. The van der Waals surface area contributed by atoms with E-state index < -0.39 is 0 Å². The van der Waals surface area contributed by atoms with Crippen molar-refractivity contribution < 1.29 is 4.79 Å². The van der Waals surface area contributed by atoms with Crippen LogP contribution in [0.1, 0.15) is 30.9 Å². The number of amides is 1. The number of aromatic nitrogens is 2. The maximum Gasteiger partial charge on any atom is 0.273 e. The number of hydrogen-bond donors (Lipinski definition) is 1. The van der Waals surface area contributed by atoms with Gasteiger partial charge in [0.2, 0.25) is 5.91 Å². The highest BCUT2D eigenvalue weighted by atomic mass is 16.2. The van der Waals surface area contributed by atoms with Crippen molar-refractivity contribution in [2.75, 3.05) is 6.54 Å². The Balaban J connectivity index is 1.53. The summed E-state index contributed by atoms with van der Waals surface area (Å²) in [6.07, 6.45) is 2.10.